The van der Waals surface area contributed by atoms with Crippen LogP contribution in [0.3, 0.4) is 0 Å². The molecule has 0 fully saturated rings. The molecule has 0 saturated heterocycles. The summed E-state index contributed by atoms with van der Waals surface area (Å²) in [6.07, 6.45) is 0.825. The van der Waals surface area contributed by atoms with E-state index in [4.69, 9.17) is 34.8 Å². The van der Waals surface area contributed by atoms with Crippen LogP contribution in [0, 0.1) is 5.41 Å². The van der Waals surface area contributed by atoms with E-state index < -0.39 is 0 Å². The number of hydrogen-bond acceptors (Lipinski definition) is 0. The lowest BCUT2D eigenvalue weighted by atomic mass is 9.88. The highest BCUT2D eigenvalue weighted by Gasteiger charge is 2.17. The molecule has 0 radical (unpaired) electrons. The summed E-state index contributed by atoms with van der Waals surface area (Å²) < 4.78 is 0. The summed E-state index contributed by atoms with van der Waals surface area (Å²) in [5.41, 5.74) is 1.09. The number of benzene rings is 1. The third-order valence-electron chi connectivity index (χ3n) is 1.85. The summed E-state index contributed by atoms with van der Waals surface area (Å²) in [4.78, 5) is 0. The molecule has 0 unspecified atom stereocenters. The van der Waals surface area contributed by atoms with Crippen molar-refractivity contribution < 1.29 is 0 Å². The van der Waals surface area contributed by atoms with Crippen LogP contribution in [-0.2, 0) is 6.42 Å². The van der Waals surface area contributed by atoms with Crippen LogP contribution in [0.15, 0.2) is 12.1 Å². The Kier molecular flexibility index (Phi) is 3.74. The van der Waals surface area contributed by atoms with E-state index in [-0.39, 0.29) is 5.41 Å². The van der Waals surface area contributed by atoms with Crippen LogP contribution in [-0.4, -0.2) is 0 Å². The molecule has 0 aliphatic rings. The fourth-order valence-electron chi connectivity index (χ4n) is 1.26. The molecular formula is C11H13Cl3. The Labute approximate surface area is 100 Å². The van der Waals surface area contributed by atoms with E-state index >= 15 is 0 Å². The van der Waals surface area contributed by atoms with Gasteiger partial charge in [-0.25, -0.2) is 0 Å². The minimum absolute atomic E-state index is 0.151. The molecule has 0 aliphatic carbocycles. The summed E-state index contributed by atoms with van der Waals surface area (Å²) >= 11 is 18.1. The van der Waals surface area contributed by atoms with Gasteiger partial charge in [-0.3, -0.25) is 0 Å². The van der Waals surface area contributed by atoms with Crippen LogP contribution >= 0.6 is 34.8 Å². The summed E-state index contributed by atoms with van der Waals surface area (Å²) in [7, 11) is 0. The maximum Gasteiger partial charge on any atom is 0.0639 e. The molecule has 0 bridgehead atoms. The second kappa shape index (κ2) is 4.30. The first kappa shape index (κ1) is 12.2. The lowest BCUT2D eigenvalue weighted by molar-refractivity contribution is 0.411. The minimum Gasteiger partial charge on any atom is -0.0840 e. The van der Waals surface area contributed by atoms with E-state index in [1.54, 1.807) is 12.1 Å². The van der Waals surface area contributed by atoms with Crippen LogP contribution in [0.25, 0.3) is 0 Å². The molecule has 0 heterocycles. The van der Waals surface area contributed by atoms with Gasteiger partial charge in [0.25, 0.3) is 0 Å². The summed E-state index contributed by atoms with van der Waals surface area (Å²) in [6, 6.07) is 3.51. The molecule has 0 nitrogen and oxygen atoms in total. The predicted molar refractivity (Wildman–Crippen MR) is 64.6 cm³/mol. The zero-order valence-corrected chi connectivity index (χ0v) is 10.8. The predicted octanol–water partition coefficient (Wildman–Crippen LogP) is 5.24. The van der Waals surface area contributed by atoms with E-state index in [1.165, 1.54) is 0 Å². The van der Waals surface area contributed by atoms with Crippen molar-refractivity contribution in [3.8, 4) is 0 Å². The average Bonchev–Trinajstić information content (AvgIpc) is 2.04. The largest absolute Gasteiger partial charge is 0.0840 e. The van der Waals surface area contributed by atoms with E-state index in [2.05, 4.69) is 20.8 Å². The van der Waals surface area contributed by atoms with E-state index in [1.807, 2.05) is 0 Å². The van der Waals surface area contributed by atoms with Crippen LogP contribution in [0.2, 0.25) is 15.1 Å². The van der Waals surface area contributed by atoms with Gasteiger partial charge in [-0.2, -0.15) is 0 Å². The maximum absolute atomic E-state index is 6.09. The Hall–Kier alpha value is 0.0900. The molecule has 0 amide bonds. The Morgan fingerprint density at radius 1 is 1.00 bits per heavy atom. The monoisotopic (exact) mass is 250 g/mol. The first-order valence-corrected chi connectivity index (χ1v) is 5.57. The van der Waals surface area contributed by atoms with Gasteiger partial charge in [0.05, 0.1) is 10.0 Å². The molecule has 0 aliphatic heterocycles. The van der Waals surface area contributed by atoms with Crippen LogP contribution in [0.4, 0.5) is 0 Å². The van der Waals surface area contributed by atoms with E-state index in [0.717, 1.165) is 12.0 Å². The molecule has 1 aromatic carbocycles. The highest BCUT2D eigenvalue weighted by Crippen LogP contribution is 2.35. The Morgan fingerprint density at radius 2 is 1.50 bits per heavy atom. The minimum atomic E-state index is 0.151. The average molecular weight is 252 g/mol. The molecular weight excluding hydrogens is 238 g/mol. The fraction of sp³-hybridized carbons (Fsp3) is 0.455. The topological polar surface area (TPSA) is 0 Å². The van der Waals surface area contributed by atoms with Crippen molar-refractivity contribution in [2.24, 2.45) is 5.41 Å². The van der Waals surface area contributed by atoms with Gasteiger partial charge in [0, 0.05) is 5.02 Å². The maximum atomic E-state index is 6.09. The molecule has 0 aromatic heterocycles. The summed E-state index contributed by atoms with van der Waals surface area (Å²) in [5.74, 6) is 0. The van der Waals surface area contributed by atoms with E-state index in [9.17, 15) is 0 Å². The van der Waals surface area contributed by atoms with Crippen LogP contribution < -0.4 is 0 Å². The van der Waals surface area contributed by atoms with Gasteiger partial charge in [-0.1, -0.05) is 55.6 Å². The van der Waals surface area contributed by atoms with Gasteiger partial charge in [0.1, 0.15) is 0 Å². The number of hydrogen-bond donors (Lipinski definition) is 0. The second-order valence-corrected chi connectivity index (χ2v) is 5.75. The Balaban J connectivity index is 3.13. The standard InChI is InChI=1S/C11H13Cl3/c1-11(2,3)6-7-8(12)4-5-9(13)10(7)14/h4-5H,6H2,1-3H3. The highest BCUT2D eigenvalue weighted by molar-refractivity contribution is 6.44. The van der Waals surface area contributed by atoms with Gasteiger partial charge >= 0.3 is 0 Å². The van der Waals surface area contributed by atoms with Crippen molar-refractivity contribution in [2.75, 3.05) is 0 Å². The van der Waals surface area contributed by atoms with Crippen molar-refractivity contribution in [1.29, 1.82) is 0 Å². The zero-order chi connectivity index (χ0) is 10.9. The molecule has 3 heteroatoms. The third-order valence-corrected chi connectivity index (χ3v) is 3.04. The molecule has 1 aromatic rings. The molecule has 78 valence electrons. The van der Waals surface area contributed by atoms with Gasteiger partial charge in [-0.15, -0.1) is 0 Å². The second-order valence-electron chi connectivity index (χ2n) is 4.56. The Bertz CT molecular complexity index is 337. The van der Waals surface area contributed by atoms with Gasteiger partial charge in [0.2, 0.25) is 0 Å². The number of halogens is 3. The molecule has 0 saturated carbocycles. The Morgan fingerprint density at radius 3 is 2.00 bits per heavy atom. The molecule has 0 spiro atoms. The molecule has 0 N–H and O–H groups in total. The van der Waals surface area contributed by atoms with Crippen molar-refractivity contribution >= 4 is 34.8 Å². The van der Waals surface area contributed by atoms with Gasteiger partial charge in [0.15, 0.2) is 0 Å². The van der Waals surface area contributed by atoms with Crippen molar-refractivity contribution in [3.05, 3.63) is 32.8 Å². The molecule has 14 heavy (non-hydrogen) atoms. The smallest absolute Gasteiger partial charge is 0.0639 e. The normalized spacial score (nSPS) is 11.9. The SMILES string of the molecule is CC(C)(C)Cc1c(Cl)ccc(Cl)c1Cl. The summed E-state index contributed by atoms with van der Waals surface area (Å²) in [5, 5.41) is 1.83. The first-order chi connectivity index (χ1) is 6.31. The number of rotatable bonds is 1. The summed E-state index contributed by atoms with van der Waals surface area (Å²) in [6.45, 7) is 6.42. The lowest BCUT2D eigenvalue weighted by Crippen LogP contribution is -2.10. The van der Waals surface area contributed by atoms with E-state index in [0.29, 0.717) is 15.1 Å². The first-order valence-electron chi connectivity index (χ1n) is 4.43. The van der Waals surface area contributed by atoms with Gasteiger partial charge in [-0.05, 0) is 29.5 Å². The van der Waals surface area contributed by atoms with Gasteiger partial charge < -0.3 is 0 Å². The third kappa shape index (κ3) is 3.05. The highest BCUT2D eigenvalue weighted by atomic mass is 35.5. The molecule has 1 rings (SSSR count). The lowest BCUT2D eigenvalue weighted by Gasteiger charge is -2.20. The van der Waals surface area contributed by atoms with Crippen LogP contribution in [0.5, 0.6) is 0 Å². The van der Waals surface area contributed by atoms with Crippen molar-refractivity contribution in [1.82, 2.24) is 0 Å². The molecule has 0 atom stereocenters. The fourth-order valence-corrected chi connectivity index (χ4v) is 1.94. The van der Waals surface area contributed by atoms with Crippen molar-refractivity contribution in [2.45, 2.75) is 27.2 Å². The quantitative estimate of drug-likeness (QED) is 0.599. The van der Waals surface area contributed by atoms with Crippen molar-refractivity contribution in [3.63, 3.8) is 0 Å². The zero-order valence-electron chi connectivity index (χ0n) is 8.50. The van der Waals surface area contributed by atoms with Crippen LogP contribution in [0.1, 0.15) is 26.3 Å².